The Morgan fingerprint density at radius 1 is 1.05 bits per heavy atom. The average Bonchev–Trinajstić information content (AvgIpc) is 2.37. The second kappa shape index (κ2) is 6.21. The van der Waals surface area contributed by atoms with Gasteiger partial charge in [-0.2, -0.15) is 0 Å². The molecule has 3 nitrogen and oxygen atoms in total. The van der Waals surface area contributed by atoms with Gasteiger partial charge in [0.25, 0.3) is 0 Å². The molecular weight excluding hydrogens is 374 g/mol. The Kier molecular flexibility index (Phi) is 4.61. The normalized spacial score (nSPS) is 10.2. The number of carbonyl (C=O) groups is 1. The molecule has 0 spiro atoms. The summed E-state index contributed by atoms with van der Waals surface area (Å²) in [6.07, 6.45) is 0.125. The molecule has 1 amide bonds. The van der Waals surface area contributed by atoms with Gasteiger partial charge in [0.05, 0.1) is 12.1 Å². The van der Waals surface area contributed by atoms with Crippen LogP contribution < -0.4 is 5.32 Å². The molecule has 0 atom stereocenters. The smallest absolute Gasteiger partial charge is 0.228 e. The third kappa shape index (κ3) is 3.58. The highest BCUT2D eigenvalue weighted by molar-refractivity contribution is 9.11. The molecule has 0 radical (unpaired) electrons. The van der Waals surface area contributed by atoms with Gasteiger partial charge in [0.1, 0.15) is 5.75 Å². The standard InChI is InChI=1S/C14H11Br2NO2/c15-10-5-3-6-11(16)14(10)17-13(19)8-9-4-1-2-7-12(9)18/h1-7,18H,8H2,(H,17,19). The van der Waals surface area contributed by atoms with Gasteiger partial charge >= 0.3 is 0 Å². The number of rotatable bonds is 3. The number of amides is 1. The van der Waals surface area contributed by atoms with Crippen LogP contribution in [0.15, 0.2) is 51.4 Å². The van der Waals surface area contributed by atoms with Crippen molar-refractivity contribution in [3.63, 3.8) is 0 Å². The molecule has 0 bridgehead atoms. The minimum atomic E-state index is -0.186. The lowest BCUT2D eigenvalue weighted by Crippen LogP contribution is -2.15. The number of hydrogen-bond acceptors (Lipinski definition) is 2. The Labute approximate surface area is 127 Å². The number of nitrogens with one attached hydrogen (secondary N) is 1. The predicted molar refractivity (Wildman–Crippen MR) is 82.3 cm³/mol. The van der Waals surface area contributed by atoms with Gasteiger partial charge in [-0.15, -0.1) is 0 Å². The molecular formula is C14H11Br2NO2. The fraction of sp³-hybridized carbons (Fsp3) is 0.0714. The van der Waals surface area contributed by atoms with E-state index < -0.39 is 0 Å². The van der Waals surface area contributed by atoms with Crippen molar-refractivity contribution in [2.24, 2.45) is 0 Å². The first-order valence-corrected chi connectivity index (χ1v) is 7.17. The molecule has 2 aromatic rings. The van der Waals surface area contributed by atoms with Gasteiger partial charge in [-0.25, -0.2) is 0 Å². The van der Waals surface area contributed by atoms with E-state index in [0.717, 1.165) is 8.95 Å². The van der Waals surface area contributed by atoms with Crippen molar-refractivity contribution in [2.45, 2.75) is 6.42 Å². The molecule has 2 N–H and O–H groups in total. The van der Waals surface area contributed by atoms with Crippen molar-refractivity contribution in [1.29, 1.82) is 0 Å². The van der Waals surface area contributed by atoms with E-state index in [1.165, 1.54) is 0 Å². The summed E-state index contributed by atoms with van der Waals surface area (Å²) in [5.74, 6) is -0.0575. The van der Waals surface area contributed by atoms with Gasteiger partial charge in [-0.05, 0) is 50.1 Å². The Bertz CT molecular complexity index is 594. The van der Waals surface area contributed by atoms with E-state index in [9.17, 15) is 9.90 Å². The molecule has 98 valence electrons. The summed E-state index contributed by atoms with van der Waals surface area (Å²) in [5, 5.41) is 12.4. The van der Waals surface area contributed by atoms with E-state index in [-0.39, 0.29) is 18.1 Å². The van der Waals surface area contributed by atoms with Crippen LogP contribution in [0.2, 0.25) is 0 Å². The molecule has 2 rings (SSSR count). The number of anilines is 1. The second-order valence-corrected chi connectivity index (χ2v) is 5.66. The van der Waals surface area contributed by atoms with E-state index in [2.05, 4.69) is 37.2 Å². The van der Waals surface area contributed by atoms with Gasteiger partial charge in [0.2, 0.25) is 5.91 Å². The summed E-state index contributed by atoms with van der Waals surface area (Å²) in [4.78, 5) is 12.0. The van der Waals surface area contributed by atoms with Crippen LogP contribution in [0.25, 0.3) is 0 Å². The first-order chi connectivity index (χ1) is 9.08. The monoisotopic (exact) mass is 383 g/mol. The van der Waals surface area contributed by atoms with Crippen LogP contribution >= 0.6 is 31.9 Å². The highest BCUT2D eigenvalue weighted by Crippen LogP contribution is 2.30. The number of carbonyl (C=O) groups excluding carboxylic acids is 1. The van der Waals surface area contributed by atoms with Crippen molar-refractivity contribution in [3.05, 3.63) is 57.0 Å². The number of halogens is 2. The van der Waals surface area contributed by atoms with Gasteiger partial charge in [0.15, 0.2) is 0 Å². The maximum absolute atomic E-state index is 12.0. The zero-order valence-corrected chi connectivity index (χ0v) is 13.0. The summed E-state index contributed by atoms with van der Waals surface area (Å²) in [6, 6.07) is 12.4. The Balaban J connectivity index is 2.12. The Hall–Kier alpha value is -1.33. The fourth-order valence-electron chi connectivity index (χ4n) is 1.63. The predicted octanol–water partition coefficient (Wildman–Crippen LogP) is 4.10. The van der Waals surface area contributed by atoms with Crippen molar-refractivity contribution in [3.8, 4) is 5.75 Å². The van der Waals surface area contributed by atoms with Crippen LogP contribution in [0.1, 0.15) is 5.56 Å². The number of phenolic OH excluding ortho intramolecular Hbond substituents is 1. The van der Waals surface area contributed by atoms with Gasteiger partial charge < -0.3 is 10.4 Å². The van der Waals surface area contributed by atoms with E-state index in [0.29, 0.717) is 11.3 Å². The molecule has 0 heterocycles. The lowest BCUT2D eigenvalue weighted by atomic mass is 10.1. The lowest BCUT2D eigenvalue weighted by Gasteiger charge is -2.10. The van der Waals surface area contributed by atoms with Crippen molar-refractivity contribution in [2.75, 3.05) is 5.32 Å². The highest BCUT2D eigenvalue weighted by atomic mass is 79.9. The number of phenols is 1. The van der Waals surface area contributed by atoms with E-state index in [4.69, 9.17) is 0 Å². The first kappa shape index (κ1) is 14.1. The fourth-order valence-corrected chi connectivity index (χ4v) is 2.83. The number of aromatic hydroxyl groups is 1. The minimum Gasteiger partial charge on any atom is -0.508 e. The SMILES string of the molecule is O=C(Cc1ccccc1O)Nc1c(Br)cccc1Br. The molecule has 0 unspecified atom stereocenters. The number of hydrogen-bond donors (Lipinski definition) is 2. The van der Waals surface area contributed by atoms with Crippen molar-refractivity contribution < 1.29 is 9.90 Å². The first-order valence-electron chi connectivity index (χ1n) is 5.58. The third-order valence-corrected chi connectivity index (χ3v) is 3.89. The molecule has 0 fully saturated rings. The zero-order chi connectivity index (χ0) is 13.8. The van der Waals surface area contributed by atoms with Crippen LogP contribution in [-0.4, -0.2) is 11.0 Å². The molecule has 0 saturated heterocycles. The summed E-state index contributed by atoms with van der Waals surface area (Å²) < 4.78 is 1.60. The molecule has 0 aliphatic carbocycles. The molecule has 0 aliphatic rings. The van der Waals surface area contributed by atoms with Crippen LogP contribution in [0.4, 0.5) is 5.69 Å². The van der Waals surface area contributed by atoms with E-state index in [1.54, 1.807) is 24.3 Å². The lowest BCUT2D eigenvalue weighted by molar-refractivity contribution is -0.115. The average molecular weight is 385 g/mol. The number of para-hydroxylation sites is 2. The molecule has 2 aromatic carbocycles. The number of benzene rings is 2. The van der Waals surface area contributed by atoms with Crippen molar-refractivity contribution >= 4 is 43.5 Å². The van der Waals surface area contributed by atoms with Crippen LogP contribution in [0.5, 0.6) is 5.75 Å². The summed E-state index contributed by atoms with van der Waals surface area (Å²) in [5.41, 5.74) is 1.28. The maximum atomic E-state index is 12.0. The summed E-state index contributed by atoms with van der Waals surface area (Å²) in [7, 11) is 0. The second-order valence-electron chi connectivity index (χ2n) is 3.95. The molecule has 0 aromatic heterocycles. The van der Waals surface area contributed by atoms with Gasteiger partial charge in [-0.3, -0.25) is 4.79 Å². The maximum Gasteiger partial charge on any atom is 0.228 e. The Morgan fingerprint density at radius 3 is 2.32 bits per heavy atom. The highest BCUT2D eigenvalue weighted by Gasteiger charge is 2.11. The Morgan fingerprint density at radius 2 is 1.68 bits per heavy atom. The van der Waals surface area contributed by atoms with E-state index >= 15 is 0 Å². The zero-order valence-electron chi connectivity index (χ0n) is 9.86. The van der Waals surface area contributed by atoms with Crippen LogP contribution in [0, 0.1) is 0 Å². The van der Waals surface area contributed by atoms with Crippen LogP contribution in [-0.2, 0) is 11.2 Å². The molecule has 19 heavy (non-hydrogen) atoms. The molecule has 0 aliphatic heterocycles. The van der Waals surface area contributed by atoms with E-state index in [1.807, 2.05) is 18.2 Å². The van der Waals surface area contributed by atoms with Crippen molar-refractivity contribution in [1.82, 2.24) is 0 Å². The van der Waals surface area contributed by atoms with Crippen LogP contribution in [0.3, 0.4) is 0 Å². The largest absolute Gasteiger partial charge is 0.508 e. The molecule has 5 heteroatoms. The quantitative estimate of drug-likeness (QED) is 0.836. The molecule has 0 saturated carbocycles. The third-order valence-electron chi connectivity index (χ3n) is 2.57. The summed E-state index contributed by atoms with van der Waals surface area (Å²) in [6.45, 7) is 0. The summed E-state index contributed by atoms with van der Waals surface area (Å²) >= 11 is 6.76. The minimum absolute atomic E-state index is 0.125. The topological polar surface area (TPSA) is 49.3 Å². The van der Waals surface area contributed by atoms with Gasteiger partial charge in [-0.1, -0.05) is 24.3 Å². The van der Waals surface area contributed by atoms with Gasteiger partial charge in [0, 0.05) is 14.5 Å².